The summed E-state index contributed by atoms with van der Waals surface area (Å²) in [5.74, 6) is 0.433. The number of nitrogens with one attached hydrogen (secondary N) is 1. The Bertz CT molecular complexity index is 909. The van der Waals surface area contributed by atoms with Crippen molar-refractivity contribution in [2.24, 2.45) is 0 Å². The lowest BCUT2D eigenvalue weighted by atomic mass is 10.0. The van der Waals surface area contributed by atoms with Crippen LogP contribution in [0.3, 0.4) is 0 Å². The third-order valence-electron chi connectivity index (χ3n) is 4.89. The number of pyridine rings is 1. The van der Waals surface area contributed by atoms with E-state index in [9.17, 15) is 4.79 Å². The van der Waals surface area contributed by atoms with Crippen molar-refractivity contribution in [3.63, 3.8) is 0 Å². The van der Waals surface area contributed by atoms with Crippen LogP contribution < -0.4 is 10.2 Å². The summed E-state index contributed by atoms with van der Waals surface area (Å²) in [5.41, 5.74) is 1.76. The number of amides is 1. The highest BCUT2D eigenvalue weighted by Crippen LogP contribution is 2.21. The number of carbonyl (C=O) groups excluding carboxylic acids is 1. The smallest absolute Gasteiger partial charge is 0.257 e. The van der Waals surface area contributed by atoms with Gasteiger partial charge in [-0.1, -0.05) is 36.4 Å². The molecule has 1 N–H and O–H groups in total. The number of hydrogen-bond donors (Lipinski definition) is 1. The minimum Gasteiger partial charge on any atom is -0.368 e. The van der Waals surface area contributed by atoms with Crippen LogP contribution in [0.5, 0.6) is 0 Å². The monoisotopic (exact) mass is 346 g/mol. The first kappa shape index (κ1) is 16.5. The average molecular weight is 346 g/mol. The molecule has 1 fully saturated rings. The van der Waals surface area contributed by atoms with Crippen LogP contribution in [0.4, 0.5) is 11.5 Å². The lowest BCUT2D eigenvalue weighted by molar-refractivity contribution is 0.102. The Hall–Kier alpha value is -2.92. The first-order chi connectivity index (χ1) is 12.7. The van der Waals surface area contributed by atoms with Crippen LogP contribution in [0.1, 0.15) is 10.4 Å². The molecule has 5 nitrogen and oxygen atoms in total. The maximum Gasteiger partial charge on any atom is 0.257 e. The third kappa shape index (κ3) is 3.39. The highest BCUT2D eigenvalue weighted by Gasteiger charge is 2.15. The fourth-order valence-corrected chi connectivity index (χ4v) is 3.32. The number of carbonyl (C=O) groups is 1. The number of likely N-dealkylation sites (N-methyl/N-ethyl adjacent to an activating group) is 1. The molecule has 0 unspecified atom stereocenters. The molecule has 0 saturated carbocycles. The van der Waals surface area contributed by atoms with Crippen molar-refractivity contribution in [1.29, 1.82) is 0 Å². The molecule has 1 aliphatic heterocycles. The van der Waals surface area contributed by atoms with E-state index in [1.807, 2.05) is 60.8 Å². The number of benzene rings is 2. The SMILES string of the molecule is CN1CCN(c2ccc(NC(=O)c3cccc4ccccc34)nc2)CC1. The van der Waals surface area contributed by atoms with Crippen molar-refractivity contribution in [3.8, 4) is 0 Å². The molecule has 0 bridgehead atoms. The predicted molar refractivity (Wildman–Crippen MR) is 106 cm³/mol. The summed E-state index contributed by atoms with van der Waals surface area (Å²) in [6.07, 6.45) is 1.84. The van der Waals surface area contributed by atoms with Crippen LogP contribution in [-0.4, -0.2) is 49.0 Å². The van der Waals surface area contributed by atoms with Gasteiger partial charge < -0.3 is 15.1 Å². The first-order valence-corrected chi connectivity index (χ1v) is 8.89. The molecule has 0 aliphatic carbocycles. The van der Waals surface area contributed by atoms with E-state index in [-0.39, 0.29) is 5.91 Å². The molecule has 26 heavy (non-hydrogen) atoms. The minimum absolute atomic E-state index is 0.137. The maximum absolute atomic E-state index is 12.7. The molecule has 1 aliphatic rings. The fraction of sp³-hybridized carbons (Fsp3) is 0.238. The Morgan fingerprint density at radius 2 is 1.73 bits per heavy atom. The van der Waals surface area contributed by atoms with Gasteiger partial charge in [-0.2, -0.15) is 0 Å². The van der Waals surface area contributed by atoms with E-state index in [0.29, 0.717) is 11.4 Å². The lowest BCUT2D eigenvalue weighted by Gasteiger charge is -2.33. The van der Waals surface area contributed by atoms with Crippen molar-refractivity contribution < 1.29 is 4.79 Å². The second-order valence-electron chi connectivity index (χ2n) is 6.67. The zero-order chi connectivity index (χ0) is 17.9. The number of nitrogens with zero attached hydrogens (tertiary/aromatic N) is 3. The number of piperazine rings is 1. The van der Waals surface area contributed by atoms with Gasteiger partial charge in [-0.15, -0.1) is 0 Å². The minimum atomic E-state index is -0.137. The Balaban J connectivity index is 1.49. The second-order valence-corrected chi connectivity index (χ2v) is 6.67. The number of anilines is 2. The van der Waals surface area contributed by atoms with Gasteiger partial charge >= 0.3 is 0 Å². The normalized spacial score (nSPS) is 15.2. The molecule has 0 spiro atoms. The number of aromatic nitrogens is 1. The Morgan fingerprint density at radius 1 is 0.962 bits per heavy atom. The summed E-state index contributed by atoms with van der Waals surface area (Å²) >= 11 is 0. The van der Waals surface area contributed by atoms with Crippen LogP contribution in [-0.2, 0) is 0 Å². The molecule has 5 heteroatoms. The molecule has 1 saturated heterocycles. The van der Waals surface area contributed by atoms with Gasteiger partial charge in [0.05, 0.1) is 11.9 Å². The summed E-state index contributed by atoms with van der Waals surface area (Å²) in [7, 11) is 2.14. The summed E-state index contributed by atoms with van der Waals surface area (Å²) < 4.78 is 0. The lowest BCUT2D eigenvalue weighted by Crippen LogP contribution is -2.44. The summed E-state index contributed by atoms with van der Waals surface area (Å²) in [6, 6.07) is 17.6. The van der Waals surface area contributed by atoms with Gasteiger partial charge in [0.2, 0.25) is 0 Å². The van der Waals surface area contributed by atoms with Crippen LogP contribution in [0.25, 0.3) is 10.8 Å². The Labute approximate surface area is 153 Å². The highest BCUT2D eigenvalue weighted by atomic mass is 16.1. The van der Waals surface area contributed by atoms with Gasteiger partial charge in [0.15, 0.2) is 0 Å². The molecule has 132 valence electrons. The number of fused-ring (bicyclic) bond motifs is 1. The molecule has 2 heterocycles. The van der Waals surface area contributed by atoms with Crippen molar-refractivity contribution in [3.05, 3.63) is 66.4 Å². The predicted octanol–water partition coefficient (Wildman–Crippen LogP) is 3.24. The van der Waals surface area contributed by atoms with E-state index >= 15 is 0 Å². The Kier molecular flexibility index (Phi) is 4.54. The van der Waals surface area contributed by atoms with Gasteiger partial charge in [0.25, 0.3) is 5.91 Å². The third-order valence-corrected chi connectivity index (χ3v) is 4.89. The first-order valence-electron chi connectivity index (χ1n) is 8.89. The topological polar surface area (TPSA) is 48.5 Å². The van der Waals surface area contributed by atoms with E-state index in [1.165, 1.54) is 0 Å². The number of hydrogen-bond acceptors (Lipinski definition) is 4. The van der Waals surface area contributed by atoms with Gasteiger partial charge in [-0.25, -0.2) is 4.98 Å². The maximum atomic E-state index is 12.7. The van der Waals surface area contributed by atoms with Gasteiger partial charge in [0.1, 0.15) is 5.82 Å². The zero-order valence-corrected chi connectivity index (χ0v) is 14.9. The van der Waals surface area contributed by atoms with Crippen LogP contribution in [0.15, 0.2) is 60.8 Å². The molecule has 1 aromatic heterocycles. The van der Waals surface area contributed by atoms with Crippen molar-refractivity contribution in [1.82, 2.24) is 9.88 Å². The molecular weight excluding hydrogens is 324 g/mol. The Morgan fingerprint density at radius 3 is 2.50 bits per heavy atom. The number of rotatable bonds is 3. The largest absolute Gasteiger partial charge is 0.368 e. The van der Waals surface area contributed by atoms with Gasteiger partial charge in [-0.3, -0.25) is 4.79 Å². The van der Waals surface area contributed by atoms with Gasteiger partial charge in [0, 0.05) is 31.7 Å². The molecule has 0 radical (unpaired) electrons. The van der Waals surface area contributed by atoms with Crippen LogP contribution in [0.2, 0.25) is 0 Å². The standard InChI is InChI=1S/C21H22N4O/c1-24-11-13-25(14-12-24)17-9-10-20(22-15-17)23-21(26)19-8-4-6-16-5-2-3-7-18(16)19/h2-10,15H,11-14H2,1H3,(H,22,23,26). The van der Waals surface area contributed by atoms with E-state index in [2.05, 4.69) is 27.1 Å². The van der Waals surface area contributed by atoms with Crippen molar-refractivity contribution in [2.45, 2.75) is 0 Å². The van der Waals surface area contributed by atoms with Crippen molar-refractivity contribution >= 4 is 28.2 Å². The molecule has 0 atom stereocenters. The zero-order valence-electron chi connectivity index (χ0n) is 14.9. The van der Waals surface area contributed by atoms with Crippen molar-refractivity contribution in [2.75, 3.05) is 43.4 Å². The van der Waals surface area contributed by atoms with Crippen LogP contribution >= 0.6 is 0 Å². The summed E-state index contributed by atoms with van der Waals surface area (Å²) in [6.45, 7) is 4.11. The second kappa shape index (κ2) is 7.14. The molecular formula is C21H22N4O. The summed E-state index contributed by atoms with van der Waals surface area (Å²) in [4.78, 5) is 21.8. The quantitative estimate of drug-likeness (QED) is 0.791. The van der Waals surface area contributed by atoms with E-state index in [1.54, 1.807) is 0 Å². The fourth-order valence-electron chi connectivity index (χ4n) is 3.32. The molecule has 1 amide bonds. The highest BCUT2D eigenvalue weighted by molar-refractivity contribution is 6.12. The molecule has 2 aromatic carbocycles. The summed E-state index contributed by atoms with van der Waals surface area (Å²) in [5, 5.41) is 4.91. The van der Waals surface area contributed by atoms with E-state index in [4.69, 9.17) is 0 Å². The van der Waals surface area contributed by atoms with E-state index in [0.717, 1.165) is 42.6 Å². The van der Waals surface area contributed by atoms with E-state index < -0.39 is 0 Å². The molecule has 3 aromatic rings. The van der Waals surface area contributed by atoms with Crippen LogP contribution in [0, 0.1) is 0 Å². The molecule has 4 rings (SSSR count). The van der Waals surface area contributed by atoms with Gasteiger partial charge in [-0.05, 0) is 36.0 Å². The average Bonchev–Trinajstić information content (AvgIpc) is 2.69.